The number of aromatic hydroxyl groups is 1. The minimum atomic E-state index is -1.14. The number of pyridine rings is 1. The number of anilines is 1. The molecule has 1 heterocycles. The summed E-state index contributed by atoms with van der Waals surface area (Å²) in [5.41, 5.74) is -0.00178. The zero-order chi connectivity index (χ0) is 26.9. The van der Waals surface area contributed by atoms with Crippen LogP contribution in [-0.4, -0.2) is 40.0 Å². The molecule has 0 unspecified atom stereocenters. The van der Waals surface area contributed by atoms with Crippen LogP contribution in [-0.2, 0) is 11.3 Å². The summed E-state index contributed by atoms with van der Waals surface area (Å²) in [4.78, 5) is 37.4. The molecule has 2 amide bonds. The smallest absolute Gasteiger partial charge is 0.319 e. The van der Waals surface area contributed by atoms with Crippen LogP contribution < -0.4 is 25.7 Å². The van der Waals surface area contributed by atoms with Crippen molar-refractivity contribution in [3.8, 4) is 17.2 Å². The minimum absolute atomic E-state index is 0.0241. The van der Waals surface area contributed by atoms with Gasteiger partial charge in [0, 0.05) is 16.8 Å². The lowest BCUT2D eigenvalue weighted by Gasteiger charge is -2.19. The Balaban J connectivity index is 1.85. The number of amides is 2. The highest BCUT2D eigenvalue weighted by Crippen LogP contribution is 2.28. The number of carbonyl (C=O) groups is 2. The number of rotatable bonds is 11. The molecule has 196 valence electrons. The summed E-state index contributed by atoms with van der Waals surface area (Å²) < 4.78 is 12.3. The number of carboxylic acid groups (broad SMARTS) is 1. The van der Waals surface area contributed by atoms with E-state index in [1.165, 1.54) is 16.8 Å². The zero-order valence-corrected chi connectivity index (χ0v) is 21.1. The maximum Gasteiger partial charge on any atom is 0.319 e. The molecular formula is C26H28ClN3O7. The second-order valence-electron chi connectivity index (χ2n) is 7.91. The van der Waals surface area contributed by atoms with Gasteiger partial charge in [-0.05, 0) is 49.7 Å². The quantitative estimate of drug-likeness (QED) is 0.289. The van der Waals surface area contributed by atoms with E-state index in [9.17, 15) is 24.6 Å². The standard InChI is InChI=1S/C26H28ClN3O7/c1-3-36-17-8-5-7-16(13-17)20(14-23(32)33)28-26(35)29-24-21(31)11-12-30(25(24)34)15-18-19(27)9-6-10-22(18)37-4-2/h5-13,20,31H,3-4,14-15H2,1-2H3,(H,32,33)(H2,28,29,35)/t20-/m0/s1. The summed E-state index contributed by atoms with van der Waals surface area (Å²) in [6.45, 7) is 4.48. The maximum absolute atomic E-state index is 13.1. The molecule has 0 spiro atoms. The number of benzene rings is 2. The highest BCUT2D eigenvalue weighted by Gasteiger charge is 2.21. The fraction of sp³-hybridized carbons (Fsp3) is 0.269. The van der Waals surface area contributed by atoms with E-state index in [1.807, 2.05) is 13.8 Å². The van der Waals surface area contributed by atoms with Crippen LogP contribution in [0.25, 0.3) is 0 Å². The van der Waals surface area contributed by atoms with Crippen molar-refractivity contribution in [2.75, 3.05) is 18.5 Å². The number of nitrogens with one attached hydrogen (secondary N) is 2. The van der Waals surface area contributed by atoms with Crippen LogP contribution in [0.5, 0.6) is 17.2 Å². The van der Waals surface area contributed by atoms with Gasteiger partial charge in [-0.1, -0.05) is 29.8 Å². The van der Waals surface area contributed by atoms with Crippen molar-refractivity contribution in [2.45, 2.75) is 32.9 Å². The Morgan fingerprint density at radius 1 is 1.08 bits per heavy atom. The number of halogens is 1. The molecule has 10 nitrogen and oxygen atoms in total. The van der Waals surface area contributed by atoms with Crippen LogP contribution >= 0.6 is 11.6 Å². The van der Waals surface area contributed by atoms with E-state index in [2.05, 4.69) is 10.6 Å². The van der Waals surface area contributed by atoms with E-state index in [1.54, 1.807) is 42.5 Å². The van der Waals surface area contributed by atoms with Gasteiger partial charge in [0.25, 0.3) is 5.56 Å². The monoisotopic (exact) mass is 529 g/mol. The van der Waals surface area contributed by atoms with E-state index >= 15 is 0 Å². The van der Waals surface area contributed by atoms with Crippen LogP contribution in [0.1, 0.15) is 37.4 Å². The van der Waals surface area contributed by atoms with Gasteiger partial charge in [-0.15, -0.1) is 0 Å². The molecule has 37 heavy (non-hydrogen) atoms. The van der Waals surface area contributed by atoms with Gasteiger partial charge in [0.2, 0.25) is 0 Å². The number of urea groups is 1. The van der Waals surface area contributed by atoms with Crippen molar-refractivity contribution in [3.63, 3.8) is 0 Å². The number of ether oxygens (including phenoxy) is 2. The van der Waals surface area contributed by atoms with E-state index in [-0.39, 0.29) is 12.2 Å². The summed E-state index contributed by atoms with van der Waals surface area (Å²) in [6.07, 6.45) is 0.951. The average Bonchev–Trinajstić information content (AvgIpc) is 2.85. The molecule has 1 atom stereocenters. The van der Waals surface area contributed by atoms with E-state index in [0.717, 1.165) is 0 Å². The lowest BCUT2D eigenvalue weighted by atomic mass is 10.0. The van der Waals surface area contributed by atoms with Crippen molar-refractivity contribution in [1.82, 2.24) is 9.88 Å². The number of hydrogen-bond donors (Lipinski definition) is 4. The third-order valence-electron chi connectivity index (χ3n) is 5.34. The molecule has 1 aromatic heterocycles. The van der Waals surface area contributed by atoms with Gasteiger partial charge in [0.05, 0.1) is 32.2 Å². The molecule has 0 radical (unpaired) electrons. The molecule has 0 bridgehead atoms. The molecule has 0 aliphatic rings. The first-order valence-electron chi connectivity index (χ1n) is 11.6. The van der Waals surface area contributed by atoms with Gasteiger partial charge in [0.1, 0.15) is 17.2 Å². The second kappa shape index (κ2) is 12.7. The number of aromatic nitrogens is 1. The van der Waals surface area contributed by atoms with E-state index in [0.29, 0.717) is 40.9 Å². The van der Waals surface area contributed by atoms with Crippen LogP contribution in [0.2, 0.25) is 5.02 Å². The number of hydrogen-bond acceptors (Lipinski definition) is 6. The second-order valence-corrected chi connectivity index (χ2v) is 8.32. The Labute approximate surface area is 218 Å². The first-order chi connectivity index (χ1) is 17.7. The fourth-order valence-electron chi connectivity index (χ4n) is 3.68. The van der Waals surface area contributed by atoms with Crippen molar-refractivity contribution >= 4 is 29.3 Å². The molecule has 0 fully saturated rings. The molecule has 3 rings (SSSR count). The summed E-state index contributed by atoms with van der Waals surface area (Å²) >= 11 is 6.33. The zero-order valence-electron chi connectivity index (χ0n) is 20.4. The Kier molecular flexibility index (Phi) is 9.39. The Bertz CT molecular complexity index is 1330. The van der Waals surface area contributed by atoms with Crippen molar-refractivity contribution < 1.29 is 29.3 Å². The minimum Gasteiger partial charge on any atom is -0.505 e. The van der Waals surface area contributed by atoms with E-state index < -0.39 is 35.8 Å². The van der Waals surface area contributed by atoms with Crippen LogP contribution in [0.15, 0.2) is 59.5 Å². The molecular weight excluding hydrogens is 502 g/mol. The van der Waals surface area contributed by atoms with Gasteiger partial charge >= 0.3 is 12.0 Å². The molecule has 4 N–H and O–H groups in total. The van der Waals surface area contributed by atoms with Crippen molar-refractivity contribution in [1.29, 1.82) is 0 Å². The third kappa shape index (κ3) is 7.17. The van der Waals surface area contributed by atoms with Crippen LogP contribution in [0.4, 0.5) is 10.5 Å². The topological polar surface area (TPSA) is 139 Å². The van der Waals surface area contributed by atoms with Gasteiger partial charge in [-0.2, -0.15) is 0 Å². The Morgan fingerprint density at radius 2 is 1.81 bits per heavy atom. The van der Waals surface area contributed by atoms with Crippen molar-refractivity contribution in [3.05, 3.63) is 81.2 Å². The molecule has 0 aliphatic heterocycles. The van der Waals surface area contributed by atoms with Gasteiger partial charge in [-0.25, -0.2) is 4.79 Å². The molecule has 0 saturated carbocycles. The van der Waals surface area contributed by atoms with Gasteiger partial charge in [-0.3, -0.25) is 9.59 Å². The summed E-state index contributed by atoms with van der Waals surface area (Å²) in [5.74, 6) is -0.559. The number of carboxylic acids is 1. The van der Waals surface area contributed by atoms with Crippen LogP contribution in [0, 0.1) is 0 Å². The SMILES string of the molecule is CCOc1cccc([C@H](CC(=O)O)NC(=O)Nc2c(O)ccn(Cc3c(Cl)cccc3OCC)c2=O)c1. The largest absolute Gasteiger partial charge is 0.505 e. The Hall–Kier alpha value is -4.18. The normalized spacial score (nSPS) is 11.4. The van der Waals surface area contributed by atoms with Gasteiger partial charge < -0.3 is 34.9 Å². The number of aliphatic carboxylic acids is 1. The third-order valence-corrected chi connectivity index (χ3v) is 5.70. The molecule has 0 aliphatic carbocycles. The lowest BCUT2D eigenvalue weighted by Crippen LogP contribution is -2.36. The first kappa shape index (κ1) is 27.4. The molecule has 2 aromatic carbocycles. The predicted octanol–water partition coefficient (Wildman–Crippen LogP) is 4.39. The summed E-state index contributed by atoms with van der Waals surface area (Å²) in [6, 6.07) is 11.3. The first-order valence-corrected chi connectivity index (χ1v) is 12.0. The molecule has 3 aromatic rings. The maximum atomic E-state index is 13.1. The fourth-order valence-corrected chi connectivity index (χ4v) is 3.91. The molecule has 11 heteroatoms. The summed E-state index contributed by atoms with van der Waals surface area (Å²) in [7, 11) is 0. The number of nitrogens with zero attached hydrogens (tertiary/aromatic N) is 1. The van der Waals surface area contributed by atoms with E-state index in [4.69, 9.17) is 21.1 Å². The lowest BCUT2D eigenvalue weighted by molar-refractivity contribution is -0.137. The van der Waals surface area contributed by atoms with Crippen molar-refractivity contribution in [2.24, 2.45) is 0 Å². The highest BCUT2D eigenvalue weighted by molar-refractivity contribution is 6.31. The molecule has 0 saturated heterocycles. The van der Waals surface area contributed by atoms with Gasteiger partial charge in [0.15, 0.2) is 5.69 Å². The summed E-state index contributed by atoms with van der Waals surface area (Å²) in [5, 5.41) is 24.9. The number of carbonyl (C=O) groups excluding carboxylic acids is 1. The average molecular weight is 530 g/mol. The van der Waals surface area contributed by atoms with Crippen LogP contribution in [0.3, 0.4) is 0 Å². The highest BCUT2D eigenvalue weighted by atomic mass is 35.5. The predicted molar refractivity (Wildman–Crippen MR) is 139 cm³/mol. The Morgan fingerprint density at radius 3 is 2.51 bits per heavy atom.